The topological polar surface area (TPSA) is 103 Å². The average Bonchev–Trinajstić information content (AvgIpc) is 3.20. The molecule has 0 atom stereocenters. The van der Waals surface area contributed by atoms with E-state index < -0.39 is 42.1 Å². The van der Waals surface area contributed by atoms with E-state index in [0.29, 0.717) is 33.3 Å². The number of imidazole rings is 1. The minimum atomic E-state index is -4.84. The van der Waals surface area contributed by atoms with E-state index in [9.17, 15) is 27.9 Å². The van der Waals surface area contributed by atoms with Gasteiger partial charge in [0, 0.05) is 12.6 Å². The molecule has 220 valence electrons. The first kappa shape index (κ1) is 31.3. The maximum atomic E-state index is 13.2. The van der Waals surface area contributed by atoms with Crippen molar-refractivity contribution in [3.8, 4) is 28.7 Å². The molecule has 0 spiro atoms. The standard InChI is InChI=1S/C29H32F3N3O6/c1-27(2,3)40-25(37)35(26(38)41-28(4,5)6)16-19-15-22(18-10-12-20(13-11-18)39-29(30,31)32)23-24(34(7)17-33-23)21(19)9-8-14-36/h10-13,15,17,36H,14,16H2,1-7H3. The summed E-state index contributed by atoms with van der Waals surface area (Å²) in [6, 6.07) is 6.85. The number of aryl methyl sites for hydroxylation is 1. The number of aromatic nitrogens is 2. The van der Waals surface area contributed by atoms with Gasteiger partial charge in [0.05, 0.1) is 29.5 Å². The van der Waals surface area contributed by atoms with Crippen LogP contribution in [0.15, 0.2) is 36.7 Å². The van der Waals surface area contributed by atoms with Gasteiger partial charge < -0.3 is 23.9 Å². The lowest BCUT2D eigenvalue weighted by atomic mass is 9.96. The summed E-state index contributed by atoms with van der Waals surface area (Å²) in [7, 11) is 1.72. The third-order valence-electron chi connectivity index (χ3n) is 5.32. The van der Waals surface area contributed by atoms with Crippen LogP contribution >= 0.6 is 0 Å². The molecule has 0 bridgehead atoms. The fourth-order valence-corrected chi connectivity index (χ4v) is 3.85. The first-order chi connectivity index (χ1) is 18.9. The van der Waals surface area contributed by atoms with E-state index in [1.165, 1.54) is 30.6 Å². The highest BCUT2D eigenvalue weighted by Gasteiger charge is 2.33. The molecule has 0 saturated heterocycles. The Kier molecular flexibility index (Phi) is 8.93. The summed E-state index contributed by atoms with van der Waals surface area (Å²) in [6.07, 6.45) is -5.22. The van der Waals surface area contributed by atoms with Gasteiger partial charge in [-0.05, 0) is 70.9 Å². The lowest BCUT2D eigenvalue weighted by Gasteiger charge is -2.29. The minimum absolute atomic E-state index is 0.331. The molecule has 0 saturated carbocycles. The molecule has 0 fully saturated rings. The molecule has 3 rings (SSSR count). The zero-order valence-electron chi connectivity index (χ0n) is 23.8. The lowest BCUT2D eigenvalue weighted by molar-refractivity contribution is -0.274. The number of carbonyl (C=O) groups excluding carboxylic acids is 2. The quantitative estimate of drug-likeness (QED) is 0.372. The van der Waals surface area contributed by atoms with Crippen LogP contribution < -0.4 is 4.74 Å². The molecule has 12 heteroatoms. The molecule has 1 aromatic heterocycles. The molecular formula is C29H32F3N3O6. The molecule has 0 aliphatic carbocycles. The van der Waals surface area contributed by atoms with E-state index >= 15 is 0 Å². The molecule has 1 heterocycles. The Labute approximate surface area is 235 Å². The monoisotopic (exact) mass is 575 g/mol. The van der Waals surface area contributed by atoms with Crippen molar-refractivity contribution >= 4 is 23.2 Å². The average molecular weight is 576 g/mol. The largest absolute Gasteiger partial charge is 0.573 e. The van der Waals surface area contributed by atoms with Gasteiger partial charge in [0.15, 0.2) is 0 Å². The number of ether oxygens (including phenoxy) is 3. The second-order valence-corrected chi connectivity index (χ2v) is 11.1. The van der Waals surface area contributed by atoms with Crippen LogP contribution in [0.3, 0.4) is 0 Å². The number of rotatable bonds is 4. The van der Waals surface area contributed by atoms with Gasteiger partial charge in [-0.2, -0.15) is 0 Å². The molecule has 0 aliphatic rings. The van der Waals surface area contributed by atoms with Gasteiger partial charge in [0.25, 0.3) is 0 Å². The summed E-state index contributed by atoms with van der Waals surface area (Å²) in [6.45, 7) is 9.14. The molecule has 0 radical (unpaired) electrons. The second kappa shape index (κ2) is 11.7. The number of hydrogen-bond acceptors (Lipinski definition) is 7. The van der Waals surface area contributed by atoms with Crippen molar-refractivity contribution in [2.75, 3.05) is 6.61 Å². The van der Waals surface area contributed by atoms with Crippen molar-refractivity contribution < 1.29 is 42.1 Å². The normalized spacial score (nSPS) is 12.0. The fourth-order valence-electron chi connectivity index (χ4n) is 3.85. The molecule has 0 aliphatic heterocycles. The van der Waals surface area contributed by atoms with Crippen molar-refractivity contribution in [1.29, 1.82) is 0 Å². The van der Waals surface area contributed by atoms with E-state index in [-0.39, 0.29) is 6.54 Å². The van der Waals surface area contributed by atoms with Gasteiger partial charge in [-0.3, -0.25) is 0 Å². The van der Waals surface area contributed by atoms with Crippen LogP contribution in [0.5, 0.6) is 5.75 Å². The van der Waals surface area contributed by atoms with Crippen LogP contribution in [-0.4, -0.2) is 55.9 Å². The number of benzene rings is 2. The zero-order chi connectivity index (χ0) is 30.8. The maximum absolute atomic E-state index is 13.2. The second-order valence-electron chi connectivity index (χ2n) is 11.1. The number of imide groups is 1. The third-order valence-corrected chi connectivity index (χ3v) is 5.32. The van der Waals surface area contributed by atoms with Crippen LogP contribution in [0.1, 0.15) is 52.7 Å². The Balaban J connectivity index is 2.22. The van der Waals surface area contributed by atoms with Gasteiger partial charge in [-0.15, -0.1) is 13.2 Å². The molecular weight excluding hydrogens is 543 g/mol. The van der Waals surface area contributed by atoms with Gasteiger partial charge in [0.1, 0.15) is 23.6 Å². The first-order valence-corrected chi connectivity index (χ1v) is 12.5. The Bertz CT molecular complexity index is 1460. The Hall–Kier alpha value is -4.24. The Morgan fingerprint density at radius 1 is 1.00 bits per heavy atom. The fraction of sp³-hybridized carbons (Fsp3) is 0.414. The number of fused-ring (bicyclic) bond motifs is 1. The van der Waals surface area contributed by atoms with E-state index in [4.69, 9.17) is 9.47 Å². The molecule has 2 aromatic carbocycles. The van der Waals surface area contributed by atoms with Crippen LogP contribution in [0, 0.1) is 11.8 Å². The SMILES string of the molecule is Cn1cnc2c(-c3ccc(OC(F)(F)F)cc3)cc(CN(C(=O)OC(C)(C)C)C(=O)OC(C)(C)C)c(C#CCO)c21. The van der Waals surface area contributed by atoms with Gasteiger partial charge >= 0.3 is 18.5 Å². The number of aliphatic hydroxyl groups excluding tert-OH is 1. The number of amides is 2. The summed E-state index contributed by atoms with van der Waals surface area (Å²) < 4.78 is 54.7. The van der Waals surface area contributed by atoms with Gasteiger partial charge in [-0.1, -0.05) is 24.0 Å². The predicted molar refractivity (Wildman–Crippen MR) is 145 cm³/mol. The summed E-state index contributed by atoms with van der Waals surface area (Å²) in [5.74, 6) is 5.09. The zero-order valence-corrected chi connectivity index (χ0v) is 23.8. The van der Waals surface area contributed by atoms with E-state index in [2.05, 4.69) is 21.6 Å². The third kappa shape index (κ3) is 8.38. The van der Waals surface area contributed by atoms with Crippen molar-refractivity contribution in [3.05, 3.63) is 47.8 Å². The summed E-state index contributed by atoms with van der Waals surface area (Å²) in [5, 5.41) is 9.42. The summed E-state index contributed by atoms with van der Waals surface area (Å²) >= 11 is 0. The summed E-state index contributed by atoms with van der Waals surface area (Å²) in [4.78, 5) is 31.7. The van der Waals surface area contributed by atoms with Gasteiger partial charge in [0.2, 0.25) is 0 Å². The number of halogens is 3. The molecule has 0 unspecified atom stereocenters. The summed E-state index contributed by atoms with van der Waals surface area (Å²) in [5.41, 5.74) is 0.884. The van der Waals surface area contributed by atoms with Crippen LogP contribution in [-0.2, 0) is 23.1 Å². The maximum Gasteiger partial charge on any atom is 0.573 e. The molecule has 3 aromatic rings. The van der Waals surface area contributed by atoms with E-state index in [1.54, 1.807) is 59.2 Å². The highest BCUT2D eigenvalue weighted by atomic mass is 19.4. The van der Waals surface area contributed by atoms with Crippen molar-refractivity contribution in [2.45, 2.75) is 65.7 Å². The number of aliphatic hydroxyl groups is 1. The van der Waals surface area contributed by atoms with E-state index in [1.807, 2.05) is 0 Å². The highest BCUT2D eigenvalue weighted by Crippen LogP contribution is 2.35. The Morgan fingerprint density at radius 3 is 2.05 bits per heavy atom. The van der Waals surface area contributed by atoms with E-state index in [0.717, 1.165) is 4.90 Å². The number of alkyl halides is 3. The van der Waals surface area contributed by atoms with Crippen LogP contribution in [0.25, 0.3) is 22.2 Å². The number of nitrogens with zero attached hydrogens (tertiary/aromatic N) is 3. The molecule has 9 nitrogen and oxygen atoms in total. The number of hydrogen-bond donors (Lipinski definition) is 1. The Morgan fingerprint density at radius 2 is 1.56 bits per heavy atom. The first-order valence-electron chi connectivity index (χ1n) is 12.5. The molecule has 41 heavy (non-hydrogen) atoms. The van der Waals surface area contributed by atoms with Crippen molar-refractivity contribution in [2.24, 2.45) is 7.05 Å². The number of carbonyl (C=O) groups is 2. The smallest absolute Gasteiger partial charge is 0.443 e. The van der Waals surface area contributed by atoms with Crippen molar-refractivity contribution in [1.82, 2.24) is 14.5 Å². The van der Waals surface area contributed by atoms with Crippen LogP contribution in [0.2, 0.25) is 0 Å². The minimum Gasteiger partial charge on any atom is -0.443 e. The lowest BCUT2D eigenvalue weighted by Crippen LogP contribution is -2.43. The molecule has 2 amide bonds. The van der Waals surface area contributed by atoms with Gasteiger partial charge in [-0.25, -0.2) is 19.5 Å². The highest BCUT2D eigenvalue weighted by molar-refractivity contribution is 5.97. The molecule has 1 N–H and O–H groups in total. The van der Waals surface area contributed by atoms with Crippen LogP contribution in [0.4, 0.5) is 22.8 Å². The predicted octanol–water partition coefficient (Wildman–Crippen LogP) is 6.15. The van der Waals surface area contributed by atoms with Crippen molar-refractivity contribution in [3.63, 3.8) is 0 Å².